The molecule has 0 N–H and O–H groups in total. The molecule has 0 aliphatic carbocycles. The van der Waals surface area contributed by atoms with Gasteiger partial charge in [-0.05, 0) is 66.6 Å². The summed E-state index contributed by atoms with van der Waals surface area (Å²) in [7, 11) is 0. The van der Waals surface area contributed by atoms with E-state index in [9.17, 15) is 9.18 Å². The first-order valence-corrected chi connectivity index (χ1v) is 15.3. The number of benzene rings is 2. The number of hydrogen-bond acceptors (Lipinski definition) is 7. The van der Waals surface area contributed by atoms with E-state index >= 15 is 0 Å². The number of likely N-dealkylation sites (tertiary alicyclic amines) is 1. The maximum absolute atomic E-state index is 14.0. The molecule has 8 nitrogen and oxygen atoms in total. The van der Waals surface area contributed by atoms with Crippen LogP contribution < -0.4 is 4.90 Å². The number of piperidine rings is 1. The molecule has 9 heteroatoms. The molecular formula is C34H37FN6O2. The minimum Gasteiger partial charge on any atom is -0.460 e. The molecule has 2 aromatic carbocycles. The maximum Gasteiger partial charge on any atom is 0.320 e. The van der Waals surface area contributed by atoms with Gasteiger partial charge in [-0.2, -0.15) is 0 Å². The molecule has 7 rings (SSSR count). The quantitative estimate of drug-likeness (QED) is 0.268. The number of hydrogen-bond donors (Lipinski definition) is 0. The number of imidazole rings is 1. The monoisotopic (exact) mass is 580 g/mol. The number of esters is 1. The number of carbonyl (C=O) groups is 1. The topological polar surface area (TPSA) is 66.2 Å². The van der Waals surface area contributed by atoms with Gasteiger partial charge in [-0.25, -0.2) is 13.9 Å². The maximum atomic E-state index is 14.0. The Labute approximate surface area is 251 Å². The Hall–Kier alpha value is -4.08. The van der Waals surface area contributed by atoms with Crippen LogP contribution in [0.3, 0.4) is 0 Å². The second kappa shape index (κ2) is 12.3. The van der Waals surface area contributed by atoms with Gasteiger partial charge in [-0.3, -0.25) is 14.6 Å². The fourth-order valence-corrected chi connectivity index (χ4v) is 6.79. The Balaban J connectivity index is 0.959. The van der Waals surface area contributed by atoms with E-state index in [1.54, 1.807) is 12.1 Å². The Bertz CT molecular complexity index is 1610. The van der Waals surface area contributed by atoms with Crippen LogP contribution in [0.2, 0.25) is 0 Å². The van der Waals surface area contributed by atoms with E-state index in [1.165, 1.54) is 11.6 Å². The van der Waals surface area contributed by atoms with Gasteiger partial charge in [0.1, 0.15) is 18.2 Å². The molecular weight excluding hydrogens is 543 g/mol. The van der Waals surface area contributed by atoms with Crippen molar-refractivity contribution in [3.8, 4) is 0 Å². The summed E-state index contributed by atoms with van der Waals surface area (Å²) in [6.07, 6.45) is 8.31. The predicted octanol–water partition coefficient (Wildman–Crippen LogP) is 5.12. The Kier molecular flexibility index (Phi) is 7.91. The number of ether oxygens (including phenoxy) is 1. The zero-order valence-electron chi connectivity index (χ0n) is 24.3. The zero-order valence-corrected chi connectivity index (χ0v) is 24.3. The van der Waals surface area contributed by atoms with Crippen molar-refractivity contribution in [2.45, 2.75) is 44.4 Å². The van der Waals surface area contributed by atoms with Crippen LogP contribution in [0.15, 0.2) is 79.0 Å². The first-order chi connectivity index (χ1) is 21.1. The molecule has 3 aliphatic heterocycles. The van der Waals surface area contributed by atoms with Crippen LogP contribution in [0, 0.1) is 5.82 Å². The fourth-order valence-electron chi connectivity index (χ4n) is 6.79. The number of aromatic nitrogens is 3. The third-order valence-electron chi connectivity index (χ3n) is 9.07. The molecule has 0 unspecified atom stereocenters. The van der Waals surface area contributed by atoms with Gasteiger partial charge in [0.05, 0.1) is 24.5 Å². The number of anilines is 1. The van der Waals surface area contributed by atoms with Crippen molar-refractivity contribution in [3.63, 3.8) is 0 Å². The van der Waals surface area contributed by atoms with E-state index in [4.69, 9.17) is 9.84 Å². The van der Waals surface area contributed by atoms with Crippen LogP contribution in [0.4, 0.5) is 10.2 Å². The molecule has 1 atom stereocenters. The molecule has 222 valence electrons. The van der Waals surface area contributed by atoms with Gasteiger partial charge in [0.25, 0.3) is 0 Å². The highest BCUT2D eigenvalue weighted by atomic mass is 19.1. The van der Waals surface area contributed by atoms with Crippen LogP contribution in [0.5, 0.6) is 0 Å². The molecule has 0 spiro atoms. The van der Waals surface area contributed by atoms with E-state index in [1.807, 2.05) is 59.2 Å². The fraction of sp³-hybridized carbons (Fsp3) is 0.382. The van der Waals surface area contributed by atoms with Gasteiger partial charge in [0.2, 0.25) is 0 Å². The van der Waals surface area contributed by atoms with Crippen molar-refractivity contribution in [2.24, 2.45) is 0 Å². The summed E-state index contributed by atoms with van der Waals surface area (Å²) < 4.78 is 21.4. The first kappa shape index (κ1) is 27.7. The van der Waals surface area contributed by atoms with Crippen LogP contribution in [0.1, 0.15) is 48.5 Å². The van der Waals surface area contributed by atoms with Gasteiger partial charge in [-0.15, -0.1) is 5.10 Å². The number of nitrogens with zero attached hydrogens (tertiary/aromatic N) is 6. The zero-order chi connectivity index (χ0) is 29.2. The average molecular weight is 581 g/mol. The minimum atomic E-state index is -0.200. The Morgan fingerprint density at radius 3 is 2.67 bits per heavy atom. The molecule has 2 saturated heterocycles. The lowest BCUT2D eigenvalue weighted by Gasteiger charge is -2.36. The number of carbonyl (C=O) groups excluding carboxylic acids is 1. The molecule has 5 heterocycles. The standard InChI is InChI=1S/C34H37FN6O2/c35-28-9-4-8-26(20-28)30-10-5-16-40(30)33-12-11-32-36-21-31(41(32)37-33)27-13-19-39(22-27)29-14-17-38(18-15-29)23-34(42)43-24-25-6-2-1-3-7-25/h1-4,6-9,11-13,20-21,29-30H,5,10,14-19,22-24H2/t30-/m1/s1. The third kappa shape index (κ3) is 6.05. The van der Waals surface area contributed by atoms with Crippen molar-refractivity contribution in [1.29, 1.82) is 0 Å². The highest BCUT2D eigenvalue weighted by Gasteiger charge is 2.30. The molecule has 43 heavy (non-hydrogen) atoms. The largest absolute Gasteiger partial charge is 0.460 e. The van der Waals surface area contributed by atoms with Gasteiger partial charge in [-0.1, -0.05) is 48.5 Å². The van der Waals surface area contributed by atoms with E-state index in [2.05, 4.69) is 25.8 Å². The molecule has 4 aromatic rings. The number of fused-ring (bicyclic) bond motifs is 1. The van der Waals surface area contributed by atoms with Crippen molar-refractivity contribution < 1.29 is 13.9 Å². The number of rotatable bonds is 8. The normalized spacial score (nSPS) is 20.2. The lowest BCUT2D eigenvalue weighted by molar-refractivity contribution is -0.146. The SMILES string of the molecule is O=C(CN1CCC(N2CC=C(c3cnc4ccc(N5CCC[C@@H]5c5cccc(F)c5)nn34)C2)CC1)OCc1ccccc1. The van der Waals surface area contributed by atoms with Crippen LogP contribution in [-0.2, 0) is 16.1 Å². The van der Waals surface area contributed by atoms with Crippen molar-refractivity contribution >= 4 is 23.0 Å². The molecule has 0 amide bonds. The lowest BCUT2D eigenvalue weighted by Crippen LogP contribution is -2.45. The van der Waals surface area contributed by atoms with Crippen LogP contribution in [0.25, 0.3) is 11.2 Å². The summed E-state index contributed by atoms with van der Waals surface area (Å²) in [5.74, 6) is 0.529. The average Bonchev–Trinajstić information content (AvgIpc) is 3.81. The van der Waals surface area contributed by atoms with E-state index in [0.29, 0.717) is 19.2 Å². The van der Waals surface area contributed by atoms with E-state index in [0.717, 1.165) is 86.7 Å². The smallest absolute Gasteiger partial charge is 0.320 e. The second-order valence-corrected chi connectivity index (χ2v) is 11.8. The summed E-state index contributed by atoms with van der Waals surface area (Å²) in [5, 5.41) is 5.05. The highest BCUT2D eigenvalue weighted by Crippen LogP contribution is 2.36. The summed E-state index contributed by atoms with van der Waals surface area (Å²) in [6.45, 7) is 5.10. The van der Waals surface area contributed by atoms with Crippen LogP contribution >= 0.6 is 0 Å². The second-order valence-electron chi connectivity index (χ2n) is 11.8. The summed E-state index contributed by atoms with van der Waals surface area (Å²) >= 11 is 0. The van der Waals surface area contributed by atoms with Crippen molar-refractivity contribution in [2.75, 3.05) is 44.2 Å². The molecule has 3 aliphatic rings. The molecule has 0 radical (unpaired) electrons. The predicted molar refractivity (Wildman–Crippen MR) is 164 cm³/mol. The lowest BCUT2D eigenvalue weighted by atomic mass is 10.0. The van der Waals surface area contributed by atoms with Crippen LogP contribution in [-0.4, -0.2) is 75.7 Å². The molecule has 0 bridgehead atoms. The van der Waals surface area contributed by atoms with Gasteiger partial charge in [0, 0.05) is 38.8 Å². The van der Waals surface area contributed by atoms with Gasteiger partial charge < -0.3 is 9.64 Å². The first-order valence-electron chi connectivity index (χ1n) is 15.3. The van der Waals surface area contributed by atoms with Gasteiger partial charge >= 0.3 is 5.97 Å². The summed E-state index contributed by atoms with van der Waals surface area (Å²) in [4.78, 5) is 24.1. The van der Waals surface area contributed by atoms with E-state index in [-0.39, 0.29) is 17.8 Å². The summed E-state index contributed by atoms with van der Waals surface area (Å²) in [5.41, 5.74) is 5.10. The number of halogens is 1. The molecule has 2 aromatic heterocycles. The Morgan fingerprint density at radius 2 is 1.84 bits per heavy atom. The van der Waals surface area contributed by atoms with Crippen molar-refractivity contribution in [3.05, 3.63) is 102 Å². The third-order valence-corrected chi connectivity index (χ3v) is 9.07. The molecule has 2 fully saturated rings. The molecule has 0 saturated carbocycles. The summed E-state index contributed by atoms with van der Waals surface area (Å²) in [6, 6.07) is 21.4. The highest BCUT2D eigenvalue weighted by molar-refractivity contribution is 5.71. The van der Waals surface area contributed by atoms with E-state index < -0.39 is 0 Å². The Morgan fingerprint density at radius 1 is 0.977 bits per heavy atom. The minimum absolute atomic E-state index is 0.116. The van der Waals surface area contributed by atoms with Crippen molar-refractivity contribution in [1.82, 2.24) is 24.4 Å². The van der Waals surface area contributed by atoms with Gasteiger partial charge in [0.15, 0.2) is 5.65 Å².